The van der Waals surface area contributed by atoms with E-state index in [-0.39, 0.29) is 0 Å². The lowest BCUT2D eigenvalue weighted by atomic mass is 9.89. The molecule has 0 N–H and O–H groups in total. The van der Waals surface area contributed by atoms with Crippen LogP contribution >= 0.6 is 0 Å². The third-order valence-corrected chi connectivity index (χ3v) is 13.1. The third-order valence-electron chi connectivity index (χ3n) is 13.1. The summed E-state index contributed by atoms with van der Waals surface area (Å²) >= 11 is 0. The quantitative estimate of drug-likeness (QED) is 0.153. The van der Waals surface area contributed by atoms with E-state index in [1.807, 2.05) is 60.7 Å². The van der Waals surface area contributed by atoms with Crippen molar-refractivity contribution in [2.45, 2.75) is 0 Å². The Morgan fingerprint density at radius 2 is 0.765 bits per heavy atom. The van der Waals surface area contributed by atoms with Gasteiger partial charge in [0.1, 0.15) is 5.58 Å². The van der Waals surface area contributed by atoms with Gasteiger partial charge in [-0.05, 0) is 93.0 Å². The Hall–Kier alpha value is -9.19. The second-order valence-electron chi connectivity index (χ2n) is 17.1. The van der Waals surface area contributed by atoms with Crippen molar-refractivity contribution in [3.05, 3.63) is 243 Å². The van der Waals surface area contributed by atoms with Crippen LogP contribution in [0.5, 0.6) is 0 Å². The molecule has 0 unspecified atom stereocenters. The third kappa shape index (κ3) is 6.76. The van der Waals surface area contributed by atoms with Crippen LogP contribution in [-0.2, 0) is 0 Å². The molecule has 10 aromatic carbocycles. The van der Waals surface area contributed by atoms with Crippen molar-refractivity contribution in [1.29, 1.82) is 0 Å². The maximum atomic E-state index is 7.05. The average Bonchev–Trinajstić information content (AvgIpc) is 3.97. The number of aromatic nitrogens is 4. The number of rotatable bonds is 8. The van der Waals surface area contributed by atoms with Gasteiger partial charge in [0.2, 0.25) is 0 Å². The van der Waals surface area contributed by atoms with Gasteiger partial charge in [0.25, 0.3) is 0 Å². The highest BCUT2D eigenvalue weighted by atomic mass is 16.3. The van der Waals surface area contributed by atoms with Crippen LogP contribution in [0, 0.1) is 0 Å². The van der Waals surface area contributed by atoms with Gasteiger partial charge in [-0.2, -0.15) is 0 Å². The lowest BCUT2D eigenvalue weighted by molar-refractivity contribution is 0.671. The first-order chi connectivity index (χ1) is 33.7. The van der Waals surface area contributed by atoms with E-state index in [1.54, 1.807) is 0 Å². The van der Waals surface area contributed by atoms with Crippen LogP contribution in [0.25, 0.3) is 128 Å². The van der Waals surface area contributed by atoms with Crippen LogP contribution in [0.15, 0.2) is 247 Å². The van der Waals surface area contributed by atoms with E-state index in [0.29, 0.717) is 17.5 Å². The average molecular weight is 869 g/mol. The molecule has 5 nitrogen and oxygen atoms in total. The van der Waals surface area contributed by atoms with E-state index < -0.39 is 0 Å². The van der Waals surface area contributed by atoms with Gasteiger partial charge < -0.3 is 8.98 Å². The Kier molecular flexibility index (Phi) is 9.43. The van der Waals surface area contributed by atoms with Gasteiger partial charge in [-0.15, -0.1) is 0 Å². The lowest BCUT2D eigenvalue weighted by Gasteiger charge is -2.16. The Balaban J connectivity index is 1.04. The molecule has 0 atom stereocenters. The molecule has 318 valence electrons. The number of para-hydroxylation sites is 2. The molecule has 0 amide bonds. The maximum absolute atomic E-state index is 7.05. The number of hydrogen-bond donors (Lipinski definition) is 0. The Morgan fingerprint density at radius 3 is 1.40 bits per heavy atom. The molecule has 13 aromatic rings. The standard InChI is InChI=1S/C63H40N4O/c1-6-18-41(19-7-1)49-33-30-45(38-55(49)42-20-8-2-9-21-42)46-31-34-50(56(39-46)63-65-61(43-22-10-3-11-23-43)64-62(66-63)44-24-12-4-13-25-44)47-32-35-52-54-37-36-53-51-28-16-17-29-57(51)67(48-26-14-5-15-27-48)59(53)60(54)68-58(52)40-47/h1-40H. The molecule has 5 heteroatoms. The van der Waals surface area contributed by atoms with Crippen molar-refractivity contribution in [2.24, 2.45) is 0 Å². The van der Waals surface area contributed by atoms with Crippen molar-refractivity contribution in [1.82, 2.24) is 19.5 Å². The second-order valence-corrected chi connectivity index (χ2v) is 17.1. The van der Waals surface area contributed by atoms with Gasteiger partial charge in [-0.1, -0.05) is 194 Å². The maximum Gasteiger partial charge on any atom is 0.164 e. The SMILES string of the molecule is c1ccc(-c2nc(-c3ccccc3)nc(-c3cc(-c4ccc(-c5ccccc5)c(-c5ccccc5)c4)ccc3-c3ccc4c(c3)oc3c4ccc4c5ccccc5n(-c5ccccc5)c43)n2)cc1. The van der Waals surface area contributed by atoms with Crippen molar-refractivity contribution >= 4 is 43.7 Å². The fraction of sp³-hybridized carbons (Fsp3) is 0. The van der Waals surface area contributed by atoms with E-state index >= 15 is 0 Å². The van der Waals surface area contributed by atoms with Crippen LogP contribution in [0.3, 0.4) is 0 Å². The molecule has 68 heavy (non-hydrogen) atoms. The highest BCUT2D eigenvalue weighted by Crippen LogP contribution is 2.44. The van der Waals surface area contributed by atoms with Crippen LogP contribution in [0.1, 0.15) is 0 Å². The first-order valence-corrected chi connectivity index (χ1v) is 22.9. The Bertz CT molecular complexity index is 3940. The van der Waals surface area contributed by atoms with E-state index in [0.717, 1.165) is 94.1 Å². The summed E-state index contributed by atoms with van der Waals surface area (Å²) in [6, 6.07) is 85.1. The molecule has 0 saturated heterocycles. The molecule has 0 aliphatic heterocycles. The molecule has 3 aromatic heterocycles. The fourth-order valence-electron chi connectivity index (χ4n) is 9.83. The Labute approximate surface area is 392 Å². The van der Waals surface area contributed by atoms with E-state index in [2.05, 4.69) is 187 Å². The minimum atomic E-state index is 0.581. The number of fused-ring (bicyclic) bond motifs is 7. The zero-order chi connectivity index (χ0) is 45.0. The predicted octanol–water partition coefficient (Wildman–Crippen LogP) is 16.5. The summed E-state index contributed by atoms with van der Waals surface area (Å²) < 4.78 is 9.38. The van der Waals surface area contributed by atoms with Gasteiger partial charge in [0.15, 0.2) is 23.1 Å². The predicted molar refractivity (Wildman–Crippen MR) is 279 cm³/mol. The molecule has 0 aliphatic rings. The lowest BCUT2D eigenvalue weighted by Crippen LogP contribution is -2.01. The Morgan fingerprint density at radius 1 is 0.294 bits per heavy atom. The van der Waals surface area contributed by atoms with Crippen LogP contribution in [0.2, 0.25) is 0 Å². The molecule has 0 radical (unpaired) electrons. The van der Waals surface area contributed by atoms with Gasteiger partial charge in [-0.3, -0.25) is 0 Å². The molecule has 0 aliphatic carbocycles. The zero-order valence-electron chi connectivity index (χ0n) is 36.8. The highest BCUT2D eigenvalue weighted by Gasteiger charge is 2.22. The van der Waals surface area contributed by atoms with Gasteiger partial charge in [0.05, 0.1) is 11.0 Å². The molecule has 0 spiro atoms. The van der Waals surface area contributed by atoms with Crippen molar-refractivity contribution in [3.8, 4) is 84.4 Å². The molecule has 3 heterocycles. The topological polar surface area (TPSA) is 56.7 Å². The summed E-state index contributed by atoms with van der Waals surface area (Å²) in [6.45, 7) is 0. The largest absolute Gasteiger partial charge is 0.454 e. The zero-order valence-corrected chi connectivity index (χ0v) is 36.8. The monoisotopic (exact) mass is 868 g/mol. The molecule has 0 saturated carbocycles. The van der Waals surface area contributed by atoms with Crippen molar-refractivity contribution in [2.75, 3.05) is 0 Å². The van der Waals surface area contributed by atoms with Crippen molar-refractivity contribution in [3.63, 3.8) is 0 Å². The van der Waals surface area contributed by atoms with Crippen LogP contribution < -0.4 is 0 Å². The minimum absolute atomic E-state index is 0.581. The molecule has 0 fully saturated rings. The van der Waals surface area contributed by atoms with Crippen LogP contribution in [0.4, 0.5) is 0 Å². The summed E-state index contributed by atoms with van der Waals surface area (Å²) in [6.07, 6.45) is 0. The minimum Gasteiger partial charge on any atom is -0.454 e. The van der Waals surface area contributed by atoms with E-state index in [4.69, 9.17) is 19.4 Å². The molecule has 13 rings (SSSR count). The number of nitrogens with zero attached hydrogens (tertiary/aromatic N) is 4. The molecule has 0 bridgehead atoms. The number of furan rings is 1. The normalized spacial score (nSPS) is 11.5. The summed E-state index contributed by atoms with van der Waals surface area (Å²) in [7, 11) is 0. The van der Waals surface area contributed by atoms with Gasteiger partial charge >= 0.3 is 0 Å². The number of hydrogen-bond acceptors (Lipinski definition) is 4. The van der Waals surface area contributed by atoms with E-state index in [9.17, 15) is 0 Å². The first kappa shape index (κ1) is 39.2. The second kappa shape index (κ2) is 16.4. The summed E-state index contributed by atoms with van der Waals surface area (Å²) in [5, 5.41) is 4.46. The first-order valence-electron chi connectivity index (χ1n) is 22.9. The van der Waals surface area contributed by atoms with Gasteiger partial charge in [-0.25, -0.2) is 15.0 Å². The van der Waals surface area contributed by atoms with Crippen LogP contribution in [-0.4, -0.2) is 19.5 Å². The summed E-state index contributed by atoms with van der Waals surface area (Å²) in [5.41, 5.74) is 16.4. The summed E-state index contributed by atoms with van der Waals surface area (Å²) in [4.78, 5) is 15.6. The number of benzene rings is 10. The van der Waals surface area contributed by atoms with Gasteiger partial charge in [0, 0.05) is 43.9 Å². The smallest absolute Gasteiger partial charge is 0.164 e. The fourth-order valence-corrected chi connectivity index (χ4v) is 9.83. The van der Waals surface area contributed by atoms with Crippen molar-refractivity contribution < 1.29 is 4.42 Å². The molecular weight excluding hydrogens is 829 g/mol. The van der Waals surface area contributed by atoms with E-state index in [1.165, 1.54) is 16.5 Å². The summed E-state index contributed by atoms with van der Waals surface area (Å²) in [5.74, 6) is 1.79. The highest BCUT2D eigenvalue weighted by molar-refractivity contribution is 6.21. The molecular formula is C63H40N4O.